The Morgan fingerprint density at radius 1 is 1.40 bits per heavy atom. The number of hydrogen-bond donors (Lipinski definition) is 2. The summed E-state index contributed by atoms with van der Waals surface area (Å²) >= 11 is 3.15. The SMILES string of the molecule is CCCC(C)NC(=O)C(C)Nc1cc(Br)c(F)cc1C. The van der Waals surface area contributed by atoms with E-state index in [0.29, 0.717) is 4.47 Å². The maximum absolute atomic E-state index is 13.4. The highest BCUT2D eigenvalue weighted by molar-refractivity contribution is 9.10. The molecule has 2 atom stereocenters. The number of rotatable bonds is 6. The number of carbonyl (C=O) groups is 1. The van der Waals surface area contributed by atoms with Crippen LogP contribution in [0.5, 0.6) is 0 Å². The lowest BCUT2D eigenvalue weighted by molar-refractivity contribution is -0.122. The molecular formula is C15H22BrFN2O. The molecule has 20 heavy (non-hydrogen) atoms. The highest BCUT2D eigenvalue weighted by Crippen LogP contribution is 2.24. The predicted molar refractivity (Wildman–Crippen MR) is 84.4 cm³/mol. The van der Waals surface area contributed by atoms with Crippen molar-refractivity contribution in [2.24, 2.45) is 0 Å². The maximum Gasteiger partial charge on any atom is 0.242 e. The average Bonchev–Trinajstić information content (AvgIpc) is 2.35. The molecule has 5 heteroatoms. The summed E-state index contributed by atoms with van der Waals surface area (Å²) in [5.41, 5.74) is 1.52. The first kappa shape index (κ1) is 17.0. The largest absolute Gasteiger partial charge is 0.374 e. The van der Waals surface area contributed by atoms with Crippen LogP contribution in [0.2, 0.25) is 0 Å². The van der Waals surface area contributed by atoms with Crippen LogP contribution in [0.15, 0.2) is 16.6 Å². The zero-order valence-corrected chi connectivity index (χ0v) is 14.0. The number of benzene rings is 1. The smallest absolute Gasteiger partial charge is 0.242 e. The van der Waals surface area contributed by atoms with Crippen LogP contribution in [0, 0.1) is 12.7 Å². The Bertz CT molecular complexity index is 479. The van der Waals surface area contributed by atoms with Crippen LogP contribution in [-0.4, -0.2) is 18.0 Å². The molecule has 2 unspecified atom stereocenters. The molecule has 1 rings (SSSR count). The second-order valence-corrected chi connectivity index (χ2v) is 6.00. The fourth-order valence-corrected chi connectivity index (χ4v) is 2.32. The molecule has 1 amide bonds. The van der Waals surface area contributed by atoms with Crippen molar-refractivity contribution in [1.29, 1.82) is 0 Å². The summed E-state index contributed by atoms with van der Waals surface area (Å²) in [6.45, 7) is 7.68. The molecule has 0 saturated heterocycles. The lowest BCUT2D eigenvalue weighted by atomic mass is 10.1. The lowest BCUT2D eigenvalue weighted by Gasteiger charge is -2.20. The first-order valence-electron chi connectivity index (χ1n) is 6.87. The van der Waals surface area contributed by atoms with Crippen LogP contribution in [0.1, 0.15) is 39.2 Å². The minimum atomic E-state index is -0.370. The van der Waals surface area contributed by atoms with Gasteiger partial charge in [0.15, 0.2) is 0 Å². The Morgan fingerprint density at radius 3 is 2.65 bits per heavy atom. The number of hydrogen-bond acceptors (Lipinski definition) is 2. The molecule has 0 aliphatic rings. The van der Waals surface area contributed by atoms with E-state index in [9.17, 15) is 9.18 Å². The van der Waals surface area contributed by atoms with Crippen LogP contribution in [-0.2, 0) is 4.79 Å². The van der Waals surface area contributed by atoms with Gasteiger partial charge in [-0.3, -0.25) is 4.79 Å². The van der Waals surface area contributed by atoms with Crippen molar-refractivity contribution in [2.75, 3.05) is 5.32 Å². The van der Waals surface area contributed by atoms with Crippen LogP contribution < -0.4 is 10.6 Å². The molecule has 1 aromatic rings. The molecule has 0 fully saturated rings. The monoisotopic (exact) mass is 344 g/mol. The quantitative estimate of drug-likeness (QED) is 0.818. The summed E-state index contributed by atoms with van der Waals surface area (Å²) in [4.78, 5) is 12.0. The molecule has 0 spiro atoms. The third-order valence-electron chi connectivity index (χ3n) is 3.14. The van der Waals surface area contributed by atoms with Crippen molar-refractivity contribution in [3.05, 3.63) is 28.0 Å². The van der Waals surface area contributed by atoms with E-state index >= 15 is 0 Å². The summed E-state index contributed by atoms with van der Waals surface area (Å²) in [5.74, 6) is -0.354. The summed E-state index contributed by atoms with van der Waals surface area (Å²) in [6.07, 6.45) is 1.99. The third-order valence-corrected chi connectivity index (χ3v) is 3.75. The fourth-order valence-electron chi connectivity index (χ4n) is 1.97. The molecule has 3 nitrogen and oxygen atoms in total. The van der Waals surface area contributed by atoms with Gasteiger partial charge < -0.3 is 10.6 Å². The van der Waals surface area contributed by atoms with Crippen LogP contribution in [0.25, 0.3) is 0 Å². The standard InChI is InChI=1S/C15H22BrFN2O/c1-5-6-10(3)18-15(20)11(4)19-14-8-12(16)13(17)7-9(14)2/h7-8,10-11,19H,5-6H2,1-4H3,(H,18,20). The summed E-state index contributed by atoms with van der Waals surface area (Å²) in [7, 11) is 0. The zero-order valence-electron chi connectivity index (χ0n) is 12.4. The first-order valence-corrected chi connectivity index (χ1v) is 7.67. The normalized spacial score (nSPS) is 13.7. The molecule has 2 N–H and O–H groups in total. The topological polar surface area (TPSA) is 41.1 Å². The van der Waals surface area contributed by atoms with E-state index in [1.165, 1.54) is 6.07 Å². The Kier molecular flexibility index (Phi) is 6.46. The van der Waals surface area contributed by atoms with Crippen molar-refractivity contribution >= 4 is 27.5 Å². The molecule has 0 radical (unpaired) electrons. The molecule has 1 aromatic carbocycles. The van der Waals surface area contributed by atoms with E-state index < -0.39 is 0 Å². The number of carbonyl (C=O) groups excluding carboxylic acids is 1. The van der Waals surface area contributed by atoms with Gasteiger partial charge in [0.25, 0.3) is 0 Å². The van der Waals surface area contributed by atoms with Crippen LogP contribution in [0.4, 0.5) is 10.1 Å². The highest BCUT2D eigenvalue weighted by Gasteiger charge is 2.16. The van der Waals surface area contributed by atoms with Gasteiger partial charge in [-0.15, -0.1) is 0 Å². The molecular weight excluding hydrogens is 323 g/mol. The van der Waals surface area contributed by atoms with Gasteiger partial charge in [-0.2, -0.15) is 0 Å². The van der Waals surface area contributed by atoms with E-state index in [0.717, 1.165) is 24.1 Å². The number of amides is 1. The zero-order chi connectivity index (χ0) is 15.3. The Labute approximate surface area is 128 Å². The molecule has 0 heterocycles. The van der Waals surface area contributed by atoms with E-state index in [2.05, 4.69) is 33.5 Å². The highest BCUT2D eigenvalue weighted by atomic mass is 79.9. The molecule has 112 valence electrons. The second-order valence-electron chi connectivity index (χ2n) is 5.15. The summed E-state index contributed by atoms with van der Waals surface area (Å²) in [5, 5.41) is 6.08. The van der Waals surface area contributed by atoms with Gasteiger partial charge in [-0.25, -0.2) is 4.39 Å². The van der Waals surface area contributed by atoms with Gasteiger partial charge >= 0.3 is 0 Å². The Morgan fingerprint density at radius 2 is 2.05 bits per heavy atom. The van der Waals surface area contributed by atoms with E-state index in [-0.39, 0.29) is 23.8 Å². The van der Waals surface area contributed by atoms with Gasteiger partial charge in [0.05, 0.1) is 4.47 Å². The molecule has 0 aliphatic heterocycles. The van der Waals surface area contributed by atoms with E-state index in [1.807, 2.05) is 13.8 Å². The maximum atomic E-state index is 13.4. The predicted octanol–water partition coefficient (Wildman–Crippen LogP) is 4.00. The van der Waals surface area contributed by atoms with Crippen molar-refractivity contribution in [1.82, 2.24) is 5.32 Å². The Balaban J connectivity index is 2.68. The van der Waals surface area contributed by atoms with Gasteiger partial charge in [0.1, 0.15) is 11.9 Å². The van der Waals surface area contributed by atoms with E-state index in [4.69, 9.17) is 0 Å². The minimum absolute atomic E-state index is 0.0502. The molecule has 0 bridgehead atoms. The Hall–Kier alpha value is -1.10. The van der Waals surface area contributed by atoms with Crippen molar-refractivity contribution < 1.29 is 9.18 Å². The van der Waals surface area contributed by atoms with Crippen LogP contribution >= 0.6 is 15.9 Å². The second kappa shape index (κ2) is 7.62. The lowest BCUT2D eigenvalue weighted by Crippen LogP contribution is -2.42. The first-order chi connectivity index (χ1) is 9.35. The van der Waals surface area contributed by atoms with Crippen molar-refractivity contribution in [2.45, 2.75) is 52.6 Å². The van der Waals surface area contributed by atoms with Crippen molar-refractivity contribution in [3.8, 4) is 0 Å². The van der Waals surface area contributed by atoms with Gasteiger partial charge in [-0.05, 0) is 60.8 Å². The van der Waals surface area contributed by atoms with Crippen LogP contribution in [0.3, 0.4) is 0 Å². The molecule has 0 saturated carbocycles. The molecule has 0 aromatic heterocycles. The average molecular weight is 345 g/mol. The fraction of sp³-hybridized carbons (Fsp3) is 0.533. The van der Waals surface area contributed by atoms with Gasteiger partial charge in [0.2, 0.25) is 5.91 Å². The van der Waals surface area contributed by atoms with E-state index in [1.54, 1.807) is 13.0 Å². The third kappa shape index (κ3) is 4.78. The summed E-state index contributed by atoms with van der Waals surface area (Å²) in [6, 6.07) is 2.89. The van der Waals surface area contributed by atoms with Gasteiger partial charge in [-0.1, -0.05) is 13.3 Å². The summed E-state index contributed by atoms with van der Waals surface area (Å²) < 4.78 is 13.7. The van der Waals surface area contributed by atoms with Gasteiger partial charge in [0, 0.05) is 11.7 Å². The number of aryl methyl sites for hydroxylation is 1. The minimum Gasteiger partial charge on any atom is -0.374 e. The number of anilines is 1. The number of halogens is 2. The van der Waals surface area contributed by atoms with Crippen molar-refractivity contribution in [3.63, 3.8) is 0 Å². The molecule has 0 aliphatic carbocycles. The number of nitrogens with one attached hydrogen (secondary N) is 2.